The normalized spacial score (nSPS) is 11.5. The van der Waals surface area contributed by atoms with Gasteiger partial charge < -0.3 is 9.47 Å². The number of rotatable bonds is 5. The van der Waals surface area contributed by atoms with Crippen molar-refractivity contribution in [2.45, 2.75) is 27.7 Å². The van der Waals surface area contributed by atoms with Crippen LogP contribution < -0.4 is 4.74 Å². The molecule has 0 N–H and O–H groups in total. The van der Waals surface area contributed by atoms with Crippen LogP contribution in [0.1, 0.15) is 27.7 Å². The Labute approximate surface area is 144 Å². The molecule has 0 saturated heterocycles. The van der Waals surface area contributed by atoms with Crippen molar-refractivity contribution in [1.29, 1.82) is 0 Å². The molecule has 0 saturated carbocycles. The molecular weight excluding hydrogens is 351 g/mol. The number of halogens is 3. The second kappa shape index (κ2) is 7.53. The van der Waals surface area contributed by atoms with E-state index in [1.165, 1.54) is 26.0 Å². The molecule has 0 unspecified atom stereocenters. The standard InChI is InChI=1S/C15H17Cl3O4/c1-8(2)7-21-13(19)15(3,4)14(20)22-11-6-9(16)5-10(17)12(11)18/h5-6,8H,7H2,1-4H3. The van der Waals surface area contributed by atoms with Gasteiger partial charge in [-0.1, -0.05) is 48.7 Å². The fourth-order valence-corrected chi connectivity index (χ4v) is 1.96. The Morgan fingerprint density at radius 2 is 1.73 bits per heavy atom. The highest BCUT2D eigenvalue weighted by Gasteiger charge is 2.40. The summed E-state index contributed by atoms with van der Waals surface area (Å²) in [6.07, 6.45) is 0. The van der Waals surface area contributed by atoms with Crippen LogP contribution >= 0.6 is 34.8 Å². The minimum absolute atomic E-state index is 0.00565. The minimum Gasteiger partial charge on any atom is -0.465 e. The first-order valence-corrected chi connectivity index (χ1v) is 7.73. The van der Waals surface area contributed by atoms with Gasteiger partial charge in [-0.3, -0.25) is 9.59 Å². The van der Waals surface area contributed by atoms with Gasteiger partial charge in [0.05, 0.1) is 11.6 Å². The molecule has 7 heteroatoms. The molecule has 4 nitrogen and oxygen atoms in total. The van der Waals surface area contributed by atoms with Gasteiger partial charge in [-0.05, 0) is 25.8 Å². The first-order chi connectivity index (χ1) is 10.1. The summed E-state index contributed by atoms with van der Waals surface area (Å²) < 4.78 is 10.2. The van der Waals surface area contributed by atoms with Gasteiger partial charge in [0.25, 0.3) is 0 Å². The first kappa shape index (κ1) is 19.1. The maximum absolute atomic E-state index is 12.2. The zero-order valence-electron chi connectivity index (χ0n) is 12.7. The third kappa shape index (κ3) is 4.77. The molecular formula is C15H17Cl3O4. The van der Waals surface area contributed by atoms with E-state index in [9.17, 15) is 9.59 Å². The Bertz CT molecular complexity index is 582. The van der Waals surface area contributed by atoms with Gasteiger partial charge in [0.15, 0.2) is 11.2 Å². The lowest BCUT2D eigenvalue weighted by atomic mass is 9.94. The molecule has 1 aromatic carbocycles. The van der Waals surface area contributed by atoms with Crippen LogP contribution in [0.5, 0.6) is 5.75 Å². The first-order valence-electron chi connectivity index (χ1n) is 6.59. The zero-order chi connectivity index (χ0) is 17.1. The van der Waals surface area contributed by atoms with Crippen molar-refractivity contribution in [2.24, 2.45) is 11.3 Å². The number of ether oxygens (including phenoxy) is 2. The number of hydrogen-bond acceptors (Lipinski definition) is 4. The number of carbonyl (C=O) groups excluding carboxylic acids is 2. The summed E-state index contributed by atoms with van der Waals surface area (Å²) in [6.45, 7) is 6.84. The van der Waals surface area contributed by atoms with Crippen LogP contribution in [0.2, 0.25) is 15.1 Å². The van der Waals surface area contributed by atoms with Crippen LogP contribution in [0.15, 0.2) is 12.1 Å². The van der Waals surface area contributed by atoms with Crippen molar-refractivity contribution in [3.8, 4) is 5.75 Å². The third-order valence-electron chi connectivity index (χ3n) is 2.73. The van der Waals surface area contributed by atoms with Crippen molar-refractivity contribution in [1.82, 2.24) is 0 Å². The zero-order valence-corrected chi connectivity index (χ0v) is 15.0. The van der Waals surface area contributed by atoms with Gasteiger partial charge in [0, 0.05) is 11.1 Å². The summed E-state index contributed by atoms with van der Waals surface area (Å²) in [6, 6.07) is 2.77. The van der Waals surface area contributed by atoms with Crippen LogP contribution in [0, 0.1) is 11.3 Å². The number of benzene rings is 1. The molecule has 1 aromatic rings. The van der Waals surface area contributed by atoms with Crippen molar-refractivity contribution >= 4 is 46.7 Å². The third-order valence-corrected chi connectivity index (χ3v) is 3.73. The van der Waals surface area contributed by atoms with E-state index in [2.05, 4.69) is 0 Å². The Morgan fingerprint density at radius 3 is 2.27 bits per heavy atom. The van der Waals surface area contributed by atoms with Crippen LogP contribution in [0.4, 0.5) is 0 Å². The van der Waals surface area contributed by atoms with Gasteiger partial charge in [-0.2, -0.15) is 0 Å². The number of carbonyl (C=O) groups is 2. The van der Waals surface area contributed by atoms with Gasteiger partial charge >= 0.3 is 11.9 Å². The molecule has 0 aliphatic rings. The summed E-state index contributed by atoms with van der Waals surface area (Å²) in [5, 5.41) is 0.459. The highest BCUT2D eigenvalue weighted by Crippen LogP contribution is 2.36. The molecule has 0 heterocycles. The summed E-state index contributed by atoms with van der Waals surface area (Å²) in [4.78, 5) is 24.2. The fourth-order valence-electron chi connectivity index (χ4n) is 1.34. The lowest BCUT2D eigenvalue weighted by molar-refractivity contribution is -0.165. The van der Waals surface area contributed by atoms with E-state index >= 15 is 0 Å². The van der Waals surface area contributed by atoms with E-state index in [-0.39, 0.29) is 33.3 Å². The maximum atomic E-state index is 12.2. The second-order valence-corrected chi connectivity index (χ2v) is 6.93. The Kier molecular flexibility index (Phi) is 6.53. The van der Waals surface area contributed by atoms with Gasteiger partial charge in [-0.25, -0.2) is 0 Å². The molecule has 0 aromatic heterocycles. The Morgan fingerprint density at radius 1 is 1.14 bits per heavy atom. The minimum atomic E-state index is -1.48. The molecule has 22 heavy (non-hydrogen) atoms. The van der Waals surface area contributed by atoms with E-state index in [0.717, 1.165) is 0 Å². The molecule has 0 radical (unpaired) electrons. The lowest BCUT2D eigenvalue weighted by Gasteiger charge is -2.21. The van der Waals surface area contributed by atoms with Gasteiger partial charge in [-0.15, -0.1) is 0 Å². The Hall–Kier alpha value is -0.970. The van der Waals surface area contributed by atoms with Crippen LogP contribution in [-0.4, -0.2) is 18.5 Å². The molecule has 0 spiro atoms. The van der Waals surface area contributed by atoms with Gasteiger partial charge in [0.1, 0.15) is 5.02 Å². The van der Waals surface area contributed by atoms with Crippen LogP contribution in [0.3, 0.4) is 0 Å². The van der Waals surface area contributed by atoms with E-state index < -0.39 is 17.4 Å². The smallest absolute Gasteiger partial charge is 0.328 e. The molecule has 122 valence electrons. The summed E-state index contributed by atoms with van der Waals surface area (Å²) >= 11 is 17.7. The monoisotopic (exact) mass is 366 g/mol. The molecule has 0 bridgehead atoms. The van der Waals surface area contributed by atoms with E-state index in [0.29, 0.717) is 0 Å². The fraction of sp³-hybridized carbons (Fsp3) is 0.467. The predicted octanol–water partition coefficient (Wildman–Crippen LogP) is 4.78. The van der Waals surface area contributed by atoms with Crippen molar-refractivity contribution < 1.29 is 19.1 Å². The lowest BCUT2D eigenvalue weighted by Crippen LogP contribution is -2.38. The van der Waals surface area contributed by atoms with Crippen LogP contribution in [-0.2, 0) is 14.3 Å². The largest absolute Gasteiger partial charge is 0.465 e. The molecule has 0 aliphatic carbocycles. The number of esters is 2. The van der Waals surface area contributed by atoms with E-state index in [4.69, 9.17) is 44.3 Å². The summed E-state index contributed by atoms with van der Waals surface area (Å²) in [7, 11) is 0. The SMILES string of the molecule is CC(C)COC(=O)C(C)(C)C(=O)Oc1cc(Cl)cc(Cl)c1Cl. The second-order valence-electron chi connectivity index (χ2n) is 5.71. The van der Waals surface area contributed by atoms with Crippen molar-refractivity contribution in [2.75, 3.05) is 6.61 Å². The van der Waals surface area contributed by atoms with Crippen molar-refractivity contribution in [3.63, 3.8) is 0 Å². The molecule has 1 rings (SSSR count). The average molecular weight is 368 g/mol. The quantitative estimate of drug-likeness (QED) is 0.325. The molecule has 0 atom stereocenters. The summed E-state index contributed by atoms with van der Waals surface area (Å²) in [5.74, 6) is -1.32. The molecule has 0 amide bonds. The Balaban J connectivity index is 2.89. The van der Waals surface area contributed by atoms with Gasteiger partial charge in [0.2, 0.25) is 0 Å². The molecule has 0 aliphatic heterocycles. The summed E-state index contributed by atoms with van der Waals surface area (Å²) in [5.41, 5.74) is -1.48. The maximum Gasteiger partial charge on any atom is 0.328 e. The highest BCUT2D eigenvalue weighted by atomic mass is 35.5. The highest BCUT2D eigenvalue weighted by molar-refractivity contribution is 6.44. The van der Waals surface area contributed by atoms with Crippen molar-refractivity contribution in [3.05, 3.63) is 27.2 Å². The number of hydrogen-bond donors (Lipinski definition) is 0. The topological polar surface area (TPSA) is 52.6 Å². The average Bonchev–Trinajstić information content (AvgIpc) is 2.41. The van der Waals surface area contributed by atoms with E-state index in [1.54, 1.807) is 0 Å². The molecule has 0 fully saturated rings. The van der Waals surface area contributed by atoms with E-state index in [1.807, 2.05) is 13.8 Å². The predicted molar refractivity (Wildman–Crippen MR) is 86.7 cm³/mol. The van der Waals surface area contributed by atoms with Crippen LogP contribution in [0.25, 0.3) is 0 Å².